The Kier molecular flexibility index (Phi) is 23.6. The van der Waals surface area contributed by atoms with Gasteiger partial charge in [-0.3, -0.25) is 47.9 Å². The summed E-state index contributed by atoms with van der Waals surface area (Å²) in [7, 11) is 0. The van der Waals surface area contributed by atoms with E-state index in [1.807, 2.05) is 76.2 Å². The molecule has 21 aliphatic rings. The molecule has 694 valence electrons. The van der Waals surface area contributed by atoms with Gasteiger partial charge in [-0.05, 0) is 354 Å². The fraction of sp³-hybridized carbons (Fsp3) is 0.881. The van der Waals surface area contributed by atoms with E-state index in [9.17, 15) is 57.5 Å². The first-order valence-corrected chi connectivity index (χ1v) is 49.2. The summed E-state index contributed by atoms with van der Waals surface area (Å²) in [5, 5.41) is 0. The molecule has 16 aliphatic carbocycles. The molecule has 24 heteroatoms. The van der Waals surface area contributed by atoms with Crippen LogP contribution in [0.3, 0.4) is 0 Å². The fourth-order valence-electron chi connectivity index (χ4n) is 31.7. The van der Waals surface area contributed by atoms with Crippen LogP contribution < -0.4 is 0 Å². The average Bonchev–Trinajstić information content (AvgIpc) is 1.52. The third kappa shape index (κ3) is 14.9. The molecule has 21 rings (SSSR count). The minimum atomic E-state index is -0.607. The second kappa shape index (κ2) is 32.6. The highest BCUT2D eigenvalue weighted by atomic mass is 16.6. The summed E-state index contributed by atoms with van der Waals surface area (Å²) in [6.45, 7) is 35.6. The fourth-order valence-corrected chi connectivity index (χ4v) is 31.7. The van der Waals surface area contributed by atoms with Gasteiger partial charge in [0, 0.05) is 22.7 Å². The lowest BCUT2D eigenvalue weighted by Crippen LogP contribution is -2.48. The van der Waals surface area contributed by atoms with Crippen LogP contribution in [0, 0.1) is 196 Å². The van der Waals surface area contributed by atoms with Crippen LogP contribution in [0.5, 0.6) is 0 Å². The molecule has 5 heterocycles. The summed E-state index contributed by atoms with van der Waals surface area (Å²) >= 11 is 0. The Morgan fingerprint density at radius 2 is 0.736 bits per heavy atom. The van der Waals surface area contributed by atoms with Gasteiger partial charge in [0.25, 0.3) is 0 Å². The lowest BCUT2D eigenvalue weighted by molar-refractivity contribution is -0.173. The van der Waals surface area contributed by atoms with Gasteiger partial charge < -0.3 is 56.8 Å². The van der Waals surface area contributed by atoms with E-state index in [2.05, 4.69) is 27.7 Å². The van der Waals surface area contributed by atoms with Crippen LogP contribution in [0.25, 0.3) is 0 Å². The Labute approximate surface area is 739 Å². The number of hydrogen-bond donors (Lipinski definition) is 0. The molecule has 0 radical (unpaired) electrons. The number of carbonyl (C=O) groups excluding carboxylic acids is 12. The molecular weight excluding hydrogens is 1600 g/mol. The summed E-state index contributed by atoms with van der Waals surface area (Å²) < 4.78 is 66.3. The van der Waals surface area contributed by atoms with Crippen molar-refractivity contribution in [2.24, 2.45) is 196 Å². The summed E-state index contributed by atoms with van der Waals surface area (Å²) in [6, 6.07) is 0. The molecular formula is C101H146O24. The number of rotatable bonds is 19. The molecule has 125 heavy (non-hydrogen) atoms. The standard InChI is InChI=1S/C23H32O6.C22H32O4.C21H30O4.C18H26O6.C17H26O4/c1-4-22(2,3)20(25)28-11-17(24)29-16-9-12-7-14(16)19-15-8-13(18(12)19)10-23(15)5-6-27-21(23)26;1-5-21(3,4)20(24)26-19-11(2)13-7-14(19)18-15-6-12(17(13)18)8-22(15)9-16(23)25-10-22;1-4-20(2,3)19(23)25-15-7-11-5-13(15)17-12-6-14(18(11)17)21(8-12)9-16(22)24-10-21;1-4-17(2,3)15(20)23-10-14(19)24-13-8-11-7-12(13)18(9-11)5-6-22-16(18)21;1-5-16(3,4)14(18)21-13-10(2)11-8-12(13)17(9-11)6-7-20-15(17)19/h12-16,18-19H,4-11H2,1-3H3;11-15,17-19H,5-10H2,1-4H3;11-15,17-18H,4-10H2,1-3H3;11-13H,4-10H2,1-3H3;10-13H,5-9H2,1-4H3. The molecule has 34 unspecified atom stereocenters. The molecule has 0 aromatic heterocycles. The van der Waals surface area contributed by atoms with Crippen LogP contribution in [-0.2, 0) is 114 Å². The van der Waals surface area contributed by atoms with Crippen molar-refractivity contribution in [3.05, 3.63) is 0 Å². The van der Waals surface area contributed by atoms with Crippen molar-refractivity contribution < 1.29 is 114 Å². The molecule has 0 aromatic carbocycles. The molecule has 0 aromatic rings. The number of hydrogen-bond acceptors (Lipinski definition) is 24. The molecule has 5 saturated heterocycles. The van der Waals surface area contributed by atoms with Gasteiger partial charge in [-0.1, -0.05) is 48.5 Å². The maximum absolute atomic E-state index is 12.7. The predicted molar refractivity (Wildman–Crippen MR) is 451 cm³/mol. The normalized spacial score (nSPS) is 44.5. The molecule has 34 atom stereocenters. The zero-order valence-electron chi connectivity index (χ0n) is 77.9. The highest BCUT2D eigenvalue weighted by Crippen LogP contribution is 2.78. The first-order chi connectivity index (χ1) is 59.0. The van der Waals surface area contributed by atoms with Crippen LogP contribution in [0.4, 0.5) is 0 Å². The Morgan fingerprint density at radius 1 is 0.336 bits per heavy atom. The van der Waals surface area contributed by atoms with Crippen molar-refractivity contribution >= 4 is 71.6 Å². The lowest BCUT2D eigenvalue weighted by atomic mass is 9.58. The highest BCUT2D eigenvalue weighted by Gasteiger charge is 2.76. The van der Waals surface area contributed by atoms with Crippen molar-refractivity contribution in [3.8, 4) is 0 Å². The smallest absolute Gasteiger partial charge is 0.344 e. The number of fused-ring (bicyclic) bond motifs is 36. The quantitative estimate of drug-likeness (QED) is 0.0659. The van der Waals surface area contributed by atoms with Crippen molar-refractivity contribution in [1.82, 2.24) is 0 Å². The van der Waals surface area contributed by atoms with Crippen LogP contribution in [-0.4, -0.2) is 148 Å². The van der Waals surface area contributed by atoms with Gasteiger partial charge in [0.15, 0.2) is 13.2 Å². The molecule has 0 N–H and O–H groups in total. The van der Waals surface area contributed by atoms with E-state index in [0.29, 0.717) is 159 Å². The third-order valence-corrected chi connectivity index (χ3v) is 39.9. The monoisotopic (exact) mass is 1740 g/mol. The van der Waals surface area contributed by atoms with Crippen molar-refractivity contribution in [2.75, 3.05) is 46.2 Å². The van der Waals surface area contributed by atoms with Gasteiger partial charge in [-0.15, -0.1) is 0 Å². The van der Waals surface area contributed by atoms with E-state index in [0.717, 1.165) is 139 Å². The van der Waals surface area contributed by atoms with Gasteiger partial charge in [0.05, 0.1) is 89.2 Å². The molecule has 5 spiro atoms. The highest BCUT2D eigenvalue weighted by molar-refractivity contribution is 5.84. The van der Waals surface area contributed by atoms with Gasteiger partial charge in [-0.25, -0.2) is 9.59 Å². The number of carbonyl (C=O) groups is 12. The second-order valence-corrected chi connectivity index (χ2v) is 47.5. The molecule has 16 saturated carbocycles. The van der Waals surface area contributed by atoms with Gasteiger partial charge in [0.1, 0.15) is 30.5 Å². The first-order valence-electron chi connectivity index (χ1n) is 49.2. The van der Waals surface area contributed by atoms with E-state index < -0.39 is 45.0 Å². The zero-order valence-corrected chi connectivity index (χ0v) is 77.9. The van der Waals surface area contributed by atoms with Crippen molar-refractivity contribution in [2.45, 2.75) is 315 Å². The van der Waals surface area contributed by atoms with Crippen LogP contribution in [0.2, 0.25) is 0 Å². The number of cyclic esters (lactones) is 5. The van der Waals surface area contributed by atoms with E-state index in [-0.39, 0.29) is 136 Å². The SMILES string of the molecule is CCC(C)(C)C(=O)OC1C(C)C2CC1C1(CCOC1=O)C2.CCC(C)(C)C(=O)OC1C(C)C2CC1C1C2C2CC1C1(COC(=O)C1)C2.CCC(C)(C)C(=O)OC1CC2CC1C1C3CC(C21)C1(COC(=O)C1)C3.CCC(C)(C)C(=O)OCC(=O)OC1CC2CC1C1(CCOC1=O)C2.CCC(C)(C)C(=O)OCC(=O)OC1CC2CC1C1C2C2CC1C1(CCOC1=O)C2. The summed E-state index contributed by atoms with van der Waals surface area (Å²) in [5.41, 5.74) is -3.23. The largest absolute Gasteiger partial charge is 0.465 e. The number of ether oxygens (including phenoxy) is 12. The van der Waals surface area contributed by atoms with Crippen molar-refractivity contribution in [3.63, 3.8) is 0 Å². The van der Waals surface area contributed by atoms with E-state index in [4.69, 9.17) is 56.8 Å². The van der Waals surface area contributed by atoms with E-state index >= 15 is 0 Å². The Bertz CT molecular complexity index is 4270. The molecule has 0 amide bonds. The Hall–Kier alpha value is -6.36. The van der Waals surface area contributed by atoms with Crippen LogP contribution >= 0.6 is 0 Å². The second-order valence-electron chi connectivity index (χ2n) is 47.5. The lowest BCUT2D eigenvalue weighted by Gasteiger charge is -2.47. The minimum absolute atomic E-state index is 0.00158. The van der Waals surface area contributed by atoms with Crippen LogP contribution in [0.15, 0.2) is 0 Å². The molecule has 16 bridgehead atoms. The van der Waals surface area contributed by atoms with Crippen molar-refractivity contribution in [1.29, 1.82) is 0 Å². The first kappa shape index (κ1) is 90.6. The average molecular weight is 1740 g/mol. The topological polar surface area (TPSA) is 316 Å². The summed E-state index contributed by atoms with van der Waals surface area (Å²) in [5.74, 6) is 11.2. The molecule has 24 nitrogen and oxygen atoms in total. The maximum Gasteiger partial charge on any atom is 0.344 e. The number of esters is 12. The molecule has 5 aliphatic heterocycles. The Balaban J connectivity index is 0.000000111. The molecule has 21 fully saturated rings. The predicted octanol–water partition coefficient (Wildman–Crippen LogP) is 15.7. The maximum atomic E-state index is 12.7. The van der Waals surface area contributed by atoms with Gasteiger partial charge >= 0.3 is 71.6 Å². The minimum Gasteiger partial charge on any atom is -0.465 e. The van der Waals surface area contributed by atoms with E-state index in [1.54, 1.807) is 13.8 Å². The summed E-state index contributed by atoms with van der Waals surface area (Å²) in [4.78, 5) is 147. The summed E-state index contributed by atoms with van der Waals surface area (Å²) in [6.07, 6.45) is 24.1. The third-order valence-electron chi connectivity index (χ3n) is 39.9. The zero-order chi connectivity index (χ0) is 89.5. The van der Waals surface area contributed by atoms with Crippen LogP contribution in [0.1, 0.15) is 285 Å². The Morgan fingerprint density at radius 3 is 1.21 bits per heavy atom. The van der Waals surface area contributed by atoms with E-state index in [1.165, 1.54) is 32.1 Å². The van der Waals surface area contributed by atoms with Gasteiger partial charge in [0.2, 0.25) is 0 Å². The van der Waals surface area contributed by atoms with Gasteiger partial charge in [-0.2, -0.15) is 0 Å².